The SMILES string of the molecule is CO/N=C(C)/C(C)=N/O.CO/N=C(C)/C(C)=N/O.[N-]=C=S.[N-]=C=S.[Rh+2]. The van der Waals surface area contributed by atoms with Crippen molar-refractivity contribution in [3.05, 3.63) is 10.8 Å². The van der Waals surface area contributed by atoms with Gasteiger partial charge >= 0.3 is 19.5 Å². The molecule has 0 fully saturated rings. The van der Waals surface area contributed by atoms with E-state index in [-0.39, 0.29) is 19.5 Å². The van der Waals surface area contributed by atoms with Crippen LogP contribution in [-0.4, -0.2) is 57.8 Å². The fraction of sp³-hybridized carbons (Fsp3) is 0.500. The predicted octanol–water partition coefficient (Wildman–Crippen LogP) is 3.03. The van der Waals surface area contributed by atoms with Crippen LogP contribution >= 0.6 is 24.4 Å². The largest absolute Gasteiger partial charge is 2.00 e. The molecule has 143 valence electrons. The van der Waals surface area contributed by atoms with Crippen LogP contribution in [0.2, 0.25) is 0 Å². The van der Waals surface area contributed by atoms with E-state index in [0.29, 0.717) is 22.8 Å². The van der Waals surface area contributed by atoms with Gasteiger partial charge in [-0.25, -0.2) is 0 Å². The van der Waals surface area contributed by atoms with Crippen molar-refractivity contribution in [3.63, 3.8) is 0 Å². The first kappa shape index (κ1) is 34.4. The molecule has 10 nitrogen and oxygen atoms in total. The van der Waals surface area contributed by atoms with E-state index in [9.17, 15) is 0 Å². The Morgan fingerprint density at radius 2 is 0.960 bits per heavy atom. The molecule has 0 aromatic heterocycles. The van der Waals surface area contributed by atoms with Crippen LogP contribution in [0.4, 0.5) is 0 Å². The second-order valence-corrected chi connectivity index (χ2v) is 3.64. The molecule has 0 aromatic rings. The van der Waals surface area contributed by atoms with Crippen LogP contribution < -0.4 is 0 Å². The van der Waals surface area contributed by atoms with Crippen molar-refractivity contribution in [2.75, 3.05) is 14.2 Å². The maximum atomic E-state index is 8.18. The third-order valence-corrected chi connectivity index (χ3v) is 1.80. The predicted molar refractivity (Wildman–Crippen MR) is 102 cm³/mol. The molecule has 0 saturated carbocycles. The van der Waals surface area contributed by atoms with Gasteiger partial charge in [-0.3, -0.25) is 0 Å². The molecular weight excluding hydrogens is 459 g/mol. The molecule has 0 aliphatic carbocycles. The van der Waals surface area contributed by atoms with Crippen molar-refractivity contribution in [2.45, 2.75) is 27.7 Å². The third-order valence-electron chi connectivity index (χ3n) is 1.80. The molecule has 1 radical (unpaired) electrons. The third kappa shape index (κ3) is 34.4. The standard InChI is InChI=1S/2C5H10N2O2.2CNS.Rh/c2*1-4(6-8)5(2)7-9-3;2*2-1-3;/h2*8H,1-3H3;;;/q;;2*-1;+2/b2*6-4+,7-5+;;;. The maximum absolute atomic E-state index is 8.18. The minimum Gasteiger partial charge on any atom is -0.753 e. The van der Waals surface area contributed by atoms with E-state index in [0.717, 1.165) is 0 Å². The molecule has 0 heterocycles. The number of nitrogens with zero attached hydrogens (tertiary/aromatic N) is 6. The molecule has 13 heteroatoms. The summed E-state index contributed by atoms with van der Waals surface area (Å²) in [4.78, 5) is 8.85. The summed E-state index contributed by atoms with van der Waals surface area (Å²) >= 11 is 7.40. The summed E-state index contributed by atoms with van der Waals surface area (Å²) in [5, 5.41) is 46.2. The Labute approximate surface area is 170 Å². The van der Waals surface area contributed by atoms with Crippen molar-refractivity contribution in [1.29, 1.82) is 0 Å². The van der Waals surface area contributed by atoms with E-state index in [4.69, 9.17) is 21.2 Å². The molecule has 0 atom stereocenters. The van der Waals surface area contributed by atoms with E-state index in [1.54, 1.807) is 27.7 Å². The number of thiocarbonyl (C=S) groups is 2. The Hall–Kier alpha value is -1.90. The number of hydrogen-bond donors (Lipinski definition) is 2. The van der Waals surface area contributed by atoms with Crippen LogP contribution in [0.1, 0.15) is 27.7 Å². The number of hydrogen-bond acceptors (Lipinski definition) is 10. The average Bonchev–Trinajstić information content (AvgIpc) is 2.55. The normalized spacial score (nSPS) is 10.5. The Morgan fingerprint density at radius 1 is 0.760 bits per heavy atom. The molecule has 0 aromatic carbocycles. The van der Waals surface area contributed by atoms with Crippen molar-refractivity contribution in [3.8, 4) is 0 Å². The zero-order valence-electron chi connectivity index (χ0n) is 14.5. The van der Waals surface area contributed by atoms with Gasteiger partial charge in [-0.1, -0.05) is 45.1 Å². The quantitative estimate of drug-likeness (QED) is 0.208. The second-order valence-electron chi connectivity index (χ2n) is 3.27. The van der Waals surface area contributed by atoms with Gasteiger partial charge in [0.2, 0.25) is 0 Å². The van der Waals surface area contributed by atoms with E-state index in [2.05, 4.69) is 54.7 Å². The fourth-order valence-corrected chi connectivity index (χ4v) is 0.551. The molecule has 0 rings (SSSR count). The van der Waals surface area contributed by atoms with Gasteiger partial charge in [0, 0.05) is 0 Å². The zero-order valence-corrected chi connectivity index (χ0v) is 17.8. The zero-order chi connectivity index (χ0) is 20.0. The van der Waals surface area contributed by atoms with Gasteiger partial charge in [-0.15, -0.1) is 0 Å². The monoisotopic (exact) mass is 479 g/mol. The van der Waals surface area contributed by atoms with Crippen LogP contribution in [0.5, 0.6) is 0 Å². The fourth-order valence-electron chi connectivity index (χ4n) is 0.551. The van der Waals surface area contributed by atoms with Gasteiger partial charge < -0.3 is 30.9 Å². The first-order chi connectivity index (χ1) is 11.3. The van der Waals surface area contributed by atoms with E-state index >= 15 is 0 Å². The smallest absolute Gasteiger partial charge is 0.753 e. The summed E-state index contributed by atoms with van der Waals surface area (Å²) in [5.41, 5.74) is 2.05. The summed E-state index contributed by atoms with van der Waals surface area (Å²) in [6.07, 6.45) is 0. The van der Waals surface area contributed by atoms with Crippen molar-refractivity contribution >= 4 is 57.6 Å². The van der Waals surface area contributed by atoms with Gasteiger partial charge in [0.15, 0.2) is 0 Å². The van der Waals surface area contributed by atoms with Crippen LogP contribution in [0.3, 0.4) is 0 Å². The number of rotatable bonds is 4. The van der Waals surface area contributed by atoms with Crippen molar-refractivity contribution in [1.82, 2.24) is 0 Å². The van der Waals surface area contributed by atoms with E-state index in [1.807, 2.05) is 0 Å². The van der Waals surface area contributed by atoms with Crippen LogP contribution in [0, 0.1) is 0 Å². The van der Waals surface area contributed by atoms with Crippen LogP contribution in [-0.2, 0) is 29.2 Å². The second kappa shape index (κ2) is 30.0. The molecule has 25 heavy (non-hydrogen) atoms. The van der Waals surface area contributed by atoms with Gasteiger partial charge in [-0.2, -0.15) is 10.3 Å². The van der Waals surface area contributed by atoms with Crippen molar-refractivity contribution in [2.24, 2.45) is 20.6 Å². The van der Waals surface area contributed by atoms with Gasteiger partial charge in [0.05, 0.1) is 0 Å². The Balaban J connectivity index is -0.0000000788. The minimum absolute atomic E-state index is 0. The molecule has 0 bridgehead atoms. The minimum atomic E-state index is 0. The van der Waals surface area contributed by atoms with E-state index in [1.165, 1.54) is 24.5 Å². The van der Waals surface area contributed by atoms with Gasteiger partial charge in [0.25, 0.3) is 0 Å². The van der Waals surface area contributed by atoms with Crippen molar-refractivity contribution < 1.29 is 39.6 Å². The van der Waals surface area contributed by atoms with E-state index < -0.39 is 0 Å². The summed E-state index contributed by atoms with van der Waals surface area (Å²) in [6.45, 7) is 6.66. The molecular formula is C12H20N6O4RhS2. The Bertz CT molecular complexity index is 466. The number of isothiocyanates is 2. The average molecular weight is 479 g/mol. The molecule has 0 aliphatic rings. The summed E-state index contributed by atoms with van der Waals surface area (Å²) in [6, 6.07) is 0. The molecule has 0 amide bonds. The molecule has 0 spiro atoms. The summed E-state index contributed by atoms with van der Waals surface area (Å²) in [5.74, 6) is 0. The maximum Gasteiger partial charge on any atom is 2.00 e. The molecule has 0 unspecified atom stereocenters. The summed E-state index contributed by atoms with van der Waals surface area (Å²) in [7, 11) is 2.88. The molecule has 0 aliphatic heterocycles. The number of oxime groups is 4. The topological polar surface area (TPSA) is 153 Å². The first-order valence-electron chi connectivity index (χ1n) is 5.83. The summed E-state index contributed by atoms with van der Waals surface area (Å²) < 4.78 is 0. The Kier molecular flexibility index (Phi) is 41.4. The first-order valence-corrected chi connectivity index (χ1v) is 6.65. The van der Waals surface area contributed by atoms with Crippen LogP contribution in [0.25, 0.3) is 10.8 Å². The molecule has 0 saturated heterocycles. The van der Waals surface area contributed by atoms with Crippen LogP contribution in [0.15, 0.2) is 20.6 Å². The molecule has 2 N–H and O–H groups in total. The van der Waals surface area contributed by atoms with Gasteiger partial charge in [-0.05, 0) is 27.7 Å². The Morgan fingerprint density at radius 3 is 1.08 bits per heavy atom. The van der Waals surface area contributed by atoms with Gasteiger partial charge in [0.1, 0.15) is 37.1 Å².